The molecule has 0 bridgehead atoms. The lowest BCUT2D eigenvalue weighted by Crippen LogP contribution is -2.38. The van der Waals surface area contributed by atoms with E-state index >= 15 is 0 Å². The molecule has 0 saturated carbocycles. The van der Waals surface area contributed by atoms with Crippen LogP contribution in [0.15, 0.2) is 34.6 Å². The number of aromatic nitrogens is 1. The number of aliphatic imine (C=N–C) groups is 1. The van der Waals surface area contributed by atoms with Gasteiger partial charge in [0.25, 0.3) is 0 Å². The number of para-hydroxylation sites is 1. The van der Waals surface area contributed by atoms with Crippen LogP contribution in [0.5, 0.6) is 5.75 Å². The Morgan fingerprint density at radius 1 is 1.23 bits per heavy atom. The summed E-state index contributed by atoms with van der Waals surface area (Å²) in [6.07, 6.45) is 0.889. The Hall–Kier alpha value is -2.08. The Morgan fingerprint density at radius 3 is 2.65 bits per heavy atom. The van der Waals surface area contributed by atoms with Crippen molar-refractivity contribution in [3.8, 4) is 5.75 Å². The summed E-state index contributed by atoms with van der Waals surface area (Å²) in [6, 6.07) is 7.97. The van der Waals surface area contributed by atoms with E-state index in [0.717, 1.165) is 47.5 Å². The van der Waals surface area contributed by atoms with Gasteiger partial charge in [-0.3, -0.25) is 0 Å². The van der Waals surface area contributed by atoms with E-state index in [1.807, 2.05) is 24.3 Å². The fraction of sp³-hybridized carbons (Fsp3) is 0.500. The summed E-state index contributed by atoms with van der Waals surface area (Å²) >= 11 is 1.73. The van der Waals surface area contributed by atoms with E-state index in [4.69, 9.17) is 9.72 Å². The summed E-state index contributed by atoms with van der Waals surface area (Å²) in [5, 5.41) is 10.00. The zero-order valence-electron chi connectivity index (χ0n) is 16.4. The van der Waals surface area contributed by atoms with E-state index in [1.165, 1.54) is 0 Å². The number of thiazole rings is 1. The topological polar surface area (TPSA) is 58.5 Å². The third-order valence-electron chi connectivity index (χ3n) is 3.90. The largest absolute Gasteiger partial charge is 0.496 e. The number of rotatable bonds is 7. The third-order valence-corrected chi connectivity index (χ3v) is 4.80. The van der Waals surface area contributed by atoms with E-state index in [1.54, 1.807) is 18.4 Å². The number of guanidine groups is 1. The minimum atomic E-state index is 0.104. The SMILES string of the molecule is CCNC(=NCc1ccccc1OC)NCCc1nc(C(C)(C)C)cs1. The molecule has 2 rings (SSSR count). The van der Waals surface area contributed by atoms with Gasteiger partial charge in [-0.15, -0.1) is 11.3 Å². The van der Waals surface area contributed by atoms with Gasteiger partial charge in [0.05, 0.1) is 24.4 Å². The quantitative estimate of drug-likeness (QED) is 0.572. The van der Waals surface area contributed by atoms with Crippen molar-refractivity contribution in [2.45, 2.75) is 46.1 Å². The predicted molar refractivity (Wildman–Crippen MR) is 110 cm³/mol. The molecule has 0 fully saturated rings. The molecular weight excluding hydrogens is 344 g/mol. The lowest BCUT2D eigenvalue weighted by atomic mass is 9.93. The van der Waals surface area contributed by atoms with Crippen LogP contribution in [-0.4, -0.2) is 31.1 Å². The van der Waals surface area contributed by atoms with Crippen LogP contribution in [0.25, 0.3) is 0 Å². The molecule has 142 valence electrons. The Balaban J connectivity index is 1.92. The highest BCUT2D eigenvalue weighted by Gasteiger charge is 2.17. The molecule has 26 heavy (non-hydrogen) atoms. The molecule has 0 atom stereocenters. The fourth-order valence-electron chi connectivity index (χ4n) is 2.40. The number of nitrogens with zero attached hydrogens (tertiary/aromatic N) is 2. The van der Waals surface area contributed by atoms with Crippen molar-refractivity contribution in [3.63, 3.8) is 0 Å². The van der Waals surface area contributed by atoms with Crippen LogP contribution in [0.3, 0.4) is 0 Å². The maximum atomic E-state index is 5.39. The Labute approximate surface area is 160 Å². The summed E-state index contributed by atoms with van der Waals surface area (Å²) in [6.45, 7) is 10.8. The van der Waals surface area contributed by atoms with Gasteiger partial charge in [0.15, 0.2) is 5.96 Å². The third kappa shape index (κ3) is 6.02. The average molecular weight is 375 g/mol. The van der Waals surface area contributed by atoms with Gasteiger partial charge in [0.2, 0.25) is 0 Å². The second-order valence-corrected chi connectivity index (χ2v) is 8.00. The van der Waals surface area contributed by atoms with Crippen LogP contribution in [0.2, 0.25) is 0 Å². The van der Waals surface area contributed by atoms with Gasteiger partial charge in [0.1, 0.15) is 5.75 Å². The summed E-state index contributed by atoms with van der Waals surface area (Å²) in [7, 11) is 1.69. The van der Waals surface area contributed by atoms with Gasteiger partial charge in [-0.1, -0.05) is 39.0 Å². The molecule has 0 aliphatic carbocycles. The Bertz CT molecular complexity index is 719. The smallest absolute Gasteiger partial charge is 0.191 e. The lowest BCUT2D eigenvalue weighted by Gasteiger charge is -2.14. The van der Waals surface area contributed by atoms with Crippen molar-refractivity contribution in [3.05, 3.63) is 45.9 Å². The van der Waals surface area contributed by atoms with E-state index < -0.39 is 0 Å². The zero-order chi connectivity index (χ0) is 19.0. The molecule has 0 saturated heterocycles. The molecule has 0 aliphatic heterocycles. The van der Waals surface area contributed by atoms with E-state index in [-0.39, 0.29) is 5.41 Å². The number of benzene rings is 1. The van der Waals surface area contributed by atoms with Crippen LogP contribution in [-0.2, 0) is 18.4 Å². The summed E-state index contributed by atoms with van der Waals surface area (Å²) in [4.78, 5) is 9.41. The summed E-state index contributed by atoms with van der Waals surface area (Å²) in [5.74, 6) is 1.68. The first kappa shape index (κ1) is 20.2. The zero-order valence-corrected chi connectivity index (χ0v) is 17.2. The number of nitrogens with one attached hydrogen (secondary N) is 2. The average Bonchev–Trinajstić information content (AvgIpc) is 3.09. The van der Waals surface area contributed by atoms with Crippen molar-refractivity contribution < 1.29 is 4.74 Å². The minimum absolute atomic E-state index is 0.104. The predicted octanol–water partition coefficient (Wildman–Crippen LogP) is 3.75. The van der Waals surface area contributed by atoms with Gasteiger partial charge in [0, 0.05) is 35.9 Å². The minimum Gasteiger partial charge on any atom is -0.496 e. The second kappa shape index (κ2) is 9.57. The monoisotopic (exact) mass is 374 g/mol. The first-order valence-electron chi connectivity index (χ1n) is 9.03. The maximum Gasteiger partial charge on any atom is 0.191 e. The Morgan fingerprint density at radius 2 is 2.00 bits per heavy atom. The number of hydrogen-bond donors (Lipinski definition) is 2. The molecule has 1 heterocycles. The van der Waals surface area contributed by atoms with Crippen LogP contribution < -0.4 is 15.4 Å². The molecule has 1 aromatic heterocycles. The fourth-order valence-corrected chi connectivity index (χ4v) is 3.42. The lowest BCUT2D eigenvalue weighted by molar-refractivity contribution is 0.410. The normalized spacial score (nSPS) is 12.1. The molecule has 0 radical (unpaired) electrons. The van der Waals surface area contributed by atoms with Crippen molar-refractivity contribution in [2.75, 3.05) is 20.2 Å². The van der Waals surface area contributed by atoms with Crippen molar-refractivity contribution in [2.24, 2.45) is 4.99 Å². The van der Waals surface area contributed by atoms with E-state index in [0.29, 0.717) is 6.54 Å². The van der Waals surface area contributed by atoms with E-state index in [2.05, 4.69) is 48.7 Å². The standard InChI is InChI=1S/C20H30N4OS/c1-6-21-19(23-13-15-9-7-8-10-16(15)25-5)22-12-11-18-24-17(14-26-18)20(2,3)4/h7-10,14H,6,11-13H2,1-5H3,(H2,21,22,23). The molecule has 1 aromatic carbocycles. The van der Waals surface area contributed by atoms with Gasteiger partial charge in [-0.2, -0.15) is 0 Å². The van der Waals surface area contributed by atoms with Crippen LogP contribution in [0.1, 0.15) is 44.0 Å². The van der Waals surface area contributed by atoms with Gasteiger partial charge in [-0.25, -0.2) is 9.98 Å². The highest BCUT2D eigenvalue weighted by Crippen LogP contribution is 2.24. The molecule has 0 spiro atoms. The molecular formula is C20H30N4OS. The second-order valence-electron chi connectivity index (χ2n) is 7.06. The van der Waals surface area contributed by atoms with Crippen molar-refractivity contribution >= 4 is 17.3 Å². The first-order chi connectivity index (χ1) is 12.4. The number of hydrogen-bond acceptors (Lipinski definition) is 4. The molecule has 6 heteroatoms. The van der Waals surface area contributed by atoms with E-state index in [9.17, 15) is 0 Å². The highest BCUT2D eigenvalue weighted by atomic mass is 32.1. The van der Waals surface area contributed by atoms with Gasteiger partial charge >= 0.3 is 0 Å². The molecule has 2 N–H and O–H groups in total. The Kier molecular flexibility index (Phi) is 7.45. The molecule has 2 aromatic rings. The van der Waals surface area contributed by atoms with Crippen molar-refractivity contribution in [1.29, 1.82) is 0 Å². The number of ether oxygens (including phenoxy) is 1. The van der Waals surface area contributed by atoms with Crippen LogP contribution in [0, 0.1) is 0 Å². The van der Waals surface area contributed by atoms with Gasteiger partial charge < -0.3 is 15.4 Å². The van der Waals surface area contributed by atoms with Crippen LogP contribution in [0.4, 0.5) is 0 Å². The maximum absolute atomic E-state index is 5.39. The molecule has 0 aliphatic rings. The van der Waals surface area contributed by atoms with Gasteiger partial charge in [-0.05, 0) is 13.0 Å². The summed E-state index contributed by atoms with van der Waals surface area (Å²) < 4.78 is 5.39. The van der Waals surface area contributed by atoms with Crippen molar-refractivity contribution in [1.82, 2.24) is 15.6 Å². The number of methoxy groups -OCH3 is 1. The highest BCUT2D eigenvalue weighted by molar-refractivity contribution is 7.09. The van der Waals surface area contributed by atoms with Crippen LogP contribution >= 0.6 is 11.3 Å². The molecule has 0 unspecified atom stereocenters. The first-order valence-corrected chi connectivity index (χ1v) is 9.91. The summed E-state index contributed by atoms with van der Waals surface area (Å²) in [5.41, 5.74) is 2.34. The molecule has 0 amide bonds. The molecule has 5 nitrogen and oxygen atoms in total.